The van der Waals surface area contributed by atoms with Gasteiger partial charge in [0.2, 0.25) is 0 Å². The summed E-state index contributed by atoms with van der Waals surface area (Å²) in [6.07, 6.45) is 7.03. The Kier molecular flexibility index (Phi) is 5.05. The van der Waals surface area contributed by atoms with Crippen LogP contribution in [0.1, 0.15) is 25.7 Å². The summed E-state index contributed by atoms with van der Waals surface area (Å²) in [5.74, 6) is 6.38. The normalized spacial score (nSPS) is 17.1. The zero-order chi connectivity index (χ0) is 12.8. The summed E-state index contributed by atoms with van der Waals surface area (Å²) < 4.78 is 5.73. The molecule has 0 saturated carbocycles. The number of halogens is 1. The van der Waals surface area contributed by atoms with Gasteiger partial charge in [-0.1, -0.05) is 29.3 Å². The molecule has 3 N–H and O–H groups in total. The Morgan fingerprint density at radius 1 is 1.39 bits per heavy atom. The van der Waals surface area contributed by atoms with Gasteiger partial charge in [0, 0.05) is 5.02 Å². The first-order valence-corrected chi connectivity index (χ1v) is 6.71. The topological polar surface area (TPSA) is 47.3 Å². The monoisotopic (exact) mass is 266 g/mol. The summed E-state index contributed by atoms with van der Waals surface area (Å²) in [5.41, 5.74) is 4.18. The van der Waals surface area contributed by atoms with Crippen molar-refractivity contribution >= 4 is 11.6 Å². The largest absolute Gasteiger partial charge is 0.492 e. The van der Waals surface area contributed by atoms with Gasteiger partial charge in [0.1, 0.15) is 12.4 Å². The minimum Gasteiger partial charge on any atom is -0.492 e. The fraction of sp³-hybridized carbons (Fsp3) is 0.429. The molecule has 0 aliphatic heterocycles. The van der Waals surface area contributed by atoms with E-state index in [0.29, 0.717) is 11.6 Å². The molecule has 98 valence electrons. The van der Waals surface area contributed by atoms with Crippen LogP contribution in [0, 0.1) is 0 Å². The highest BCUT2D eigenvalue weighted by Gasteiger charge is 2.15. The second kappa shape index (κ2) is 6.78. The van der Waals surface area contributed by atoms with E-state index in [0.717, 1.165) is 18.6 Å². The molecule has 0 aromatic heterocycles. The molecule has 1 aliphatic rings. The summed E-state index contributed by atoms with van der Waals surface area (Å²) in [4.78, 5) is 0. The molecule has 2 rings (SSSR count). The minimum absolute atomic E-state index is 0.0873. The zero-order valence-corrected chi connectivity index (χ0v) is 11.1. The number of nitrogens with one attached hydrogen (secondary N) is 1. The third-order valence-electron chi connectivity index (χ3n) is 3.19. The van der Waals surface area contributed by atoms with Crippen LogP contribution >= 0.6 is 11.6 Å². The highest BCUT2D eigenvalue weighted by Crippen LogP contribution is 2.22. The SMILES string of the molecule is NNC(COc1cccc(Cl)c1)C1=CCCCC1. The van der Waals surface area contributed by atoms with Crippen molar-refractivity contribution in [3.8, 4) is 5.75 Å². The maximum absolute atomic E-state index is 5.91. The average molecular weight is 267 g/mol. The number of rotatable bonds is 5. The van der Waals surface area contributed by atoms with Crippen molar-refractivity contribution in [2.75, 3.05) is 6.61 Å². The van der Waals surface area contributed by atoms with Crippen LogP contribution in [0.2, 0.25) is 5.02 Å². The lowest BCUT2D eigenvalue weighted by Crippen LogP contribution is -2.41. The molecule has 1 atom stereocenters. The third-order valence-corrected chi connectivity index (χ3v) is 3.42. The number of hydrazine groups is 1. The van der Waals surface area contributed by atoms with Gasteiger partial charge in [-0.05, 0) is 43.9 Å². The van der Waals surface area contributed by atoms with Crippen LogP contribution < -0.4 is 16.0 Å². The fourth-order valence-electron chi connectivity index (χ4n) is 2.18. The van der Waals surface area contributed by atoms with Crippen LogP contribution in [0.3, 0.4) is 0 Å². The average Bonchev–Trinajstić information content (AvgIpc) is 2.41. The summed E-state index contributed by atoms with van der Waals surface area (Å²) >= 11 is 5.91. The molecule has 0 fully saturated rings. The van der Waals surface area contributed by atoms with E-state index in [1.807, 2.05) is 24.3 Å². The van der Waals surface area contributed by atoms with Crippen LogP contribution in [0.4, 0.5) is 0 Å². The van der Waals surface area contributed by atoms with E-state index in [1.165, 1.54) is 18.4 Å². The van der Waals surface area contributed by atoms with Gasteiger partial charge >= 0.3 is 0 Å². The highest BCUT2D eigenvalue weighted by atomic mass is 35.5. The molecule has 0 amide bonds. The summed E-state index contributed by atoms with van der Waals surface area (Å²) in [5, 5.41) is 0.682. The summed E-state index contributed by atoms with van der Waals surface area (Å²) in [7, 11) is 0. The van der Waals surface area contributed by atoms with Crippen LogP contribution in [-0.2, 0) is 0 Å². The fourth-order valence-corrected chi connectivity index (χ4v) is 2.36. The van der Waals surface area contributed by atoms with Crippen molar-refractivity contribution in [3.63, 3.8) is 0 Å². The highest BCUT2D eigenvalue weighted by molar-refractivity contribution is 6.30. The van der Waals surface area contributed by atoms with E-state index in [9.17, 15) is 0 Å². The molecule has 0 heterocycles. The van der Waals surface area contributed by atoms with Crippen molar-refractivity contribution in [1.82, 2.24) is 5.43 Å². The quantitative estimate of drug-likeness (QED) is 0.489. The second-order valence-electron chi connectivity index (χ2n) is 4.51. The van der Waals surface area contributed by atoms with E-state index in [2.05, 4.69) is 11.5 Å². The van der Waals surface area contributed by atoms with Gasteiger partial charge < -0.3 is 4.74 Å². The lowest BCUT2D eigenvalue weighted by Gasteiger charge is -2.22. The molecular weight excluding hydrogens is 248 g/mol. The van der Waals surface area contributed by atoms with Crippen LogP contribution in [0.15, 0.2) is 35.9 Å². The van der Waals surface area contributed by atoms with Crippen LogP contribution in [0.25, 0.3) is 0 Å². The maximum atomic E-state index is 5.91. The van der Waals surface area contributed by atoms with Crippen molar-refractivity contribution in [1.29, 1.82) is 0 Å². The molecule has 1 unspecified atom stereocenters. The Balaban J connectivity index is 1.92. The molecule has 1 aromatic rings. The lowest BCUT2D eigenvalue weighted by molar-refractivity contribution is 0.278. The molecule has 0 saturated heterocycles. The van der Waals surface area contributed by atoms with Gasteiger partial charge in [0.25, 0.3) is 0 Å². The molecular formula is C14H19ClN2O. The number of benzene rings is 1. The number of hydrogen-bond acceptors (Lipinski definition) is 3. The zero-order valence-electron chi connectivity index (χ0n) is 10.4. The van der Waals surface area contributed by atoms with Gasteiger partial charge in [-0.2, -0.15) is 0 Å². The Hall–Kier alpha value is -1.03. The first-order chi connectivity index (χ1) is 8.79. The molecule has 0 spiro atoms. The van der Waals surface area contributed by atoms with Gasteiger partial charge in [-0.15, -0.1) is 0 Å². The molecule has 18 heavy (non-hydrogen) atoms. The summed E-state index contributed by atoms with van der Waals surface area (Å²) in [6, 6.07) is 7.50. The van der Waals surface area contributed by atoms with Crippen molar-refractivity contribution in [2.24, 2.45) is 5.84 Å². The van der Waals surface area contributed by atoms with Crippen molar-refractivity contribution in [3.05, 3.63) is 40.9 Å². The smallest absolute Gasteiger partial charge is 0.120 e. The van der Waals surface area contributed by atoms with E-state index in [-0.39, 0.29) is 6.04 Å². The van der Waals surface area contributed by atoms with Gasteiger partial charge in [-0.25, -0.2) is 5.43 Å². The standard InChI is InChI=1S/C14H19ClN2O/c15-12-7-4-8-13(9-12)18-10-14(17-16)11-5-2-1-3-6-11/h4-5,7-9,14,17H,1-3,6,10,16H2. The predicted molar refractivity (Wildman–Crippen MR) is 74.6 cm³/mol. The molecule has 0 radical (unpaired) electrons. The number of ether oxygens (including phenoxy) is 1. The first-order valence-electron chi connectivity index (χ1n) is 6.33. The Morgan fingerprint density at radius 2 is 2.28 bits per heavy atom. The number of hydrogen-bond donors (Lipinski definition) is 2. The Bertz CT molecular complexity index is 420. The van der Waals surface area contributed by atoms with Gasteiger partial charge in [-0.3, -0.25) is 5.84 Å². The van der Waals surface area contributed by atoms with Crippen molar-refractivity contribution in [2.45, 2.75) is 31.7 Å². The minimum atomic E-state index is 0.0873. The van der Waals surface area contributed by atoms with E-state index in [1.54, 1.807) is 0 Å². The van der Waals surface area contributed by atoms with E-state index in [4.69, 9.17) is 22.2 Å². The van der Waals surface area contributed by atoms with Gasteiger partial charge in [0.15, 0.2) is 0 Å². The lowest BCUT2D eigenvalue weighted by atomic mass is 9.94. The van der Waals surface area contributed by atoms with Crippen LogP contribution in [0.5, 0.6) is 5.75 Å². The maximum Gasteiger partial charge on any atom is 0.120 e. The molecule has 3 nitrogen and oxygen atoms in total. The van der Waals surface area contributed by atoms with Gasteiger partial charge in [0.05, 0.1) is 6.04 Å². The third kappa shape index (κ3) is 3.73. The molecule has 0 bridgehead atoms. The number of allylic oxidation sites excluding steroid dienone is 1. The van der Waals surface area contributed by atoms with E-state index < -0.39 is 0 Å². The van der Waals surface area contributed by atoms with Crippen molar-refractivity contribution < 1.29 is 4.74 Å². The summed E-state index contributed by atoms with van der Waals surface area (Å²) in [6.45, 7) is 0.530. The Labute approximate surface area is 113 Å². The molecule has 4 heteroatoms. The van der Waals surface area contributed by atoms with Crippen LogP contribution in [-0.4, -0.2) is 12.6 Å². The second-order valence-corrected chi connectivity index (χ2v) is 4.95. The molecule has 1 aromatic carbocycles. The number of nitrogens with two attached hydrogens (primary N) is 1. The molecule has 1 aliphatic carbocycles. The first kappa shape index (κ1) is 13.4. The van der Waals surface area contributed by atoms with E-state index >= 15 is 0 Å². The Morgan fingerprint density at radius 3 is 2.94 bits per heavy atom. The predicted octanol–water partition coefficient (Wildman–Crippen LogP) is 3.05.